The van der Waals surface area contributed by atoms with Crippen molar-refractivity contribution in [3.8, 4) is 16.6 Å². The molecule has 2 aromatic heterocycles. The second-order valence-corrected chi connectivity index (χ2v) is 5.11. The second-order valence-electron chi connectivity index (χ2n) is 4.16. The summed E-state index contributed by atoms with van der Waals surface area (Å²) in [6, 6.07) is 12.1. The predicted octanol–water partition coefficient (Wildman–Crippen LogP) is 3.07. The zero-order valence-electron chi connectivity index (χ0n) is 10.3. The highest BCUT2D eigenvalue weighted by molar-refractivity contribution is 7.13. The van der Waals surface area contributed by atoms with Gasteiger partial charge in [0.1, 0.15) is 17.6 Å². The molecule has 0 unspecified atom stereocenters. The third kappa shape index (κ3) is 2.31. The SMILES string of the molecule is N#Cc1nnn(Cc2ccc(F)cc2)c1-c1cccs1. The quantitative estimate of drug-likeness (QED) is 0.742. The van der Waals surface area contributed by atoms with Gasteiger partial charge in [0.05, 0.1) is 11.4 Å². The van der Waals surface area contributed by atoms with Gasteiger partial charge in [-0.05, 0) is 29.1 Å². The Morgan fingerprint density at radius 3 is 2.70 bits per heavy atom. The van der Waals surface area contributed by atoms with Gasteiger partial charge in [0.25, 0.3) is 0 Å². The van der Waals surface area contributed by atoms with Crippen LogP contribution in [0.5, 0.6) is 0 Å². The fraction of sp³-hybridized carbons (Fsp3) is 0.0714. The molecular weight excluding hydrogens is 275 g/mol. The minimum Gasteiger partial charge on any atom is -0.238 e. The Balaban J connectivity index is 2.00. The van der Waals surface area contributed by atoms with Crippen molar-refractivity contribution in [2.75, 3.05) is 0 Å². The number of rotatable bonds is 3. The van der Waals surface area contributed by atoms with Gasteiger partial charge in [-0.15, -0.1) is 16.4 Å². The van der Waals surface area contributed by atoms with Crippen molar-refractivity contribution in [3.63, 3.8) is 0 Å². The van der Waals surface area contributed by atoms with Crippen molar-refractivity contribution in [2.24, 2.45) is 0 Å². The van der Waals surface area contributed by atoms with Gasteiger partial charge in [0.2, 0.25) is 0 Å². The third-order valence-electron chi connectivity index (χ3n) is 2.84. The molecule has 98 valence electrons. The summed E-state index contributed by atoms with van der Waals surface area (Å²) in [5.41, 5.74) is 1.90. The van der Waals surface area contributed by atoms with Crippen LogP contribution in [0.15, 0.2) is 41.8 Å². The molecule has 0 aliphatic heterocycles. The molecule has 0 amide bonds. The summed E-state index contributed by atoms with van der Waals surface area (Å²) in [7, 11) is 0. The zero-order chi connectivity index (χ0) is 13.9. The molecule has 20 heavy (non-hydrogen) atoms. The maximum absolute atomic E-state index is 12.9. The highest BCUT2D eigenvalue weighted by atomic mass is 32.1. The van der Waals surface area contributed by atoms with Crippen LogP contribution in [-0.2, 0) is 6.54 Å². The Morgan fingerprint density at radius 2 is 2.05 bits per heavy atom. The second kappa shape index (κ2) is 5.23. The van der Waals surface area contributed by atoms with Gasteiger partial charge in [0.15, 0.2) is 5.69 Å². The van der Waals surface area contributed by atoms with Gasteiger partial charge in [0, 0.05) is 0 Å². The first-order valence-corrected chi connectivity index (χ1v) is 6.78. The molecule has 0 fully saturated rings. The summed E-state index contributed by atoms with van der Waals surface area (Å²) in [6.45, 7) is 0.447. The van der Waals surface area contributed by atoms with E-state index in [1.165, 1.54) is 23.5 Å². The van der Waals surface area contributed by atoms with E-state index in [0.29, 0.717) is 17.9 Å². The largest absolute Gasteiger partial charge is 0.238 e. The lowest BCUT2D eigenvalue weighted by atomic mass is 10.2. The van der Waals surface area contributed by atoms with Gasteiger partial charge >= 0.3 is 0 Å². The summed E-state index contributed by atoms with van der Waals surface area (Å²) in [5.74, 6) is -0.275. The van der Waals surface area contributed by atoms with Gasteiger partial charge in [-0.1, -0.05) is 23.4 Å². The van der Waals surface area contributed by atoms with Gasteiger partial charge in [-0.25, -0.2) is 9.07 Å². The molecule has 3 aromatic rings. The number of nitrogens with zero attached hydrogens (tertiary/aromatic N) is 4. The molecule has 0 aliphatic rings. The van der Waals surface area contributed by atoms with Crippen LogP contribution in [-0.4, -0.2) is 15.0 Å². The molecule has 6 heteroatoms. The minimum atomic E-state index is -0.275. The van der Waals surface area contributed by atoms with Crippen molar-refractivity contribution in [3.05, 3.63) is 58.9 Å². The van der Waals surface area contributed by atoms with Crippen molar-refractivity contribution in [2.45, 2.75) is 6.54 Å². The van der Waals surface area contributed by atoms with Gasteiger partial charge < -0.3 is 0 Å². The summed E-state index contributed by atoms with van der Waals surface area (Å²) < 4.78 is 14.6. The van der Waals surface area contributed by atoms with E-state index >= 15 is 0 Å². The molecular formula is C14H9FN4S. The topological polar surface area (TPSA) is 54.5 Å². The number of thiophene rings is 1. The van der Waals surface area contributed by atoms with Crippen LogP contribution in [0.25, 0.3) is 10.6 Å². The van der Waals surface area contributed by atoms with Crippen molar-refractivity contribution in [1.82, 2.24) is 15.0 Å². The standard InChI is InChI=1S/C14H9FN4S/c15-11-5-3-10(4-6-11)9-19-14(12(8-16)17-18-19)13-2-1-7-20-13/h1-7H,9H2. The van der Waals surface area contributed by atoms with E-state index in [-0.39, 0.29) is 5.82 Å². The van der Waals surface area contributed by atoms with Crippen molar-refractivity contribution < 1.29 is 4.39 Å². The van der Waals surface area contributed by atoms with Crippen molar-refractivity contribution >= 4 is 11.3 Å². The van der Waals surface area contributed by atoms with Crippen LogP contribution >= 0.6 is 11.3 Å². The number of hydrogen-bond acceptors (Lipinski definition) is 4. The Hall–Kier alpha value is -2.52. The van der Waals surface area contributed by atoms with Crippen LogP contribution in [0.1, 0.15) is 11.3 Å². The molecule has 2 heterocycles. The number of halogens is 1. The first-order chi connectivity index (χ1) is 9.78. The van der Waals surface area contributed by atoms with Crippen molar-refractivity contribution in [1.29, 1.82) is 5.26 Å². The number of hydrogen-bond donors (Lipinski definition) is 0. The lowest BCUT2D eigenvalue weighted by molar-refractivity contribution is 0.622. The molecule has 0 bridgehead atoms. The van der Waals surface area contributed by atoms with Crippen LogP contribution in [0.4, 0.5) is 4.39 Å². The van der Waals surface area contributed by atoms with Crippen LogP contribution < -0.4 is 0 Å². The van der Waals surface area contributed by atoms with Gasteiger partial charge in [-0.3, -0.25) is 0 Å². The van der Waals surface area contributed by atoms with E-state index in [0.717, 1.165) is 10.4 Å². The maximum atomic E-state index is 12.9. The molecule has 0 saturated carbocycles. The average molecular weight is 284 g/mol. The van der Waals surface area contributed by atoms with Crippen LogP contribution in [0.2, 0.25) is 0 Å². The van der Waals surface area contributed by atoms with Crippen LogP contribution in [0.3, 0.4) is 0 Å². The molecule has 3 rings (SSSR count). The van der Waals surface area contributed by atoms with E-state index in [4.69, 9.17) is 5.26 Å². The Labute approximate surface area is 118 Å². The maximum Gasteiger partial charge on any atom is 0.191 e. The van der Waals surface area contributed by atoms with Crippen LogP contribution in [0, 0.1) is 17.1 Å². The first kappa shape index (κ1) is 12.5. The summed E-state index contributed by atoms with van der Waals surface area (Å²) in [4.78, 5) is 0.939. The van der Waals surface area contributed by atoms with E-state index < -0.39 is 0 Å². The zero-order valence-corrected chi connectivity index (χ0v) is 11.1. The molecule has 0 spiro atoms. The van der Waals surface area contributed by atoms with E-state index in [1.54, 1.807) is 16.8 Å². The average Bonchev–Trinajstić information content (AvgIpc) is 3.10. The molecule has 0 radical (unpaired) electrons. The van der Waals surface area contributed by atoms with E-state index in [1.807, 2.05) is 17.5 Å². The smallest absolute Gasteiger partial charge is 0.191 e. The lowest BCUT2D eigenvalue weighted by Crippen LogP contribution is -2.03. The van der Waals surface area contributed by atoms with Gasteiger partial charge in [-0.2, -0.15) is 5.26 Å². The normalized spacial score (nSPS) is 10.4. The minimum absolute atomic E-state index is 0.275. The third-order valence-corrected chi connectivity index (χ3v) is 3.72. The molecule has 1 aromatic carbocycles. The molecule has 0 N–H and O–H groups in total. The number of benzene rings is 1. The fourth-order valence-electron chi connectivity index (χ4n) is 1.92. The highest BCUT2D eigenvalue weighted by Crippen LogP contribution is 2.27. The number of aromatic nitrogens is 3. The summed E-state index contributed by atoms with van der Waals surface area (Å²) in [5, 5.41) is 19.0. The Bertz CT molecular complexity index is 754. The highest BCUT2D eigenvalue weighted by Gasteiger charge is 2.15. The summed E-state index contributed by atoms with van der Waals surface area (Å²) >= 11 is 1.53. The Kier molecular flexibility index (Phi) is 3.27. The molecule has 0 atom stereocenters. The lowest BCUT2D eigenvalue weighted by Gasteiger charge is -2.05. The molecule has 4 nitrogen and oxygen atoms in total. The first-order valence-electron chi connectivity index (χ1n) is 5.90. The fourth-order valence-corrected chi connectivity index (χ4v) is 2.69. The predicted molar refractivity (Wildman–Crippen MR) is 73.6 cm³/mol. The van der Waals surface area contributed by atoms with E-state index in [2.05, 4.69) is 16.4 Å². The summed E-state index contributed by atoms with van der Waals surface area (Å²) in [6.07, 6.45) is 0. The Morgan fingerprint density at radius 1 is 1.25 bits per heavy atom. The molecule has 0 aliphatic carbocycles. The monoisotopic (exact) mass is 284 g/mol. The molecule has 0 saturated heterocycles. The van der Waals surface area contributed by atoms with E-state index in [9.17, 15) is 4.39 Å². The number of nitriles is 1.